The number of carbonyl (C=O) groups is 2. The second-order valence-electron chi connectivity index (χ2n) is 3.93. The van der Waals surface area contributed by atoms with Crippen LogP contribution in [0.2, 0.25) is 0 Å². The van der Waals surface area contributed by atoms with Gasteiger partial charge in [0.05, 0.1) is 5.69 Å². The Bertz CT molecular complexity index is 406. The molecule has 0 saturated heterocycles. The van der Waals surface area contributed by atoms with Crippen molar-refractivity contribution in [2.45, 2.75) is 39.7 Å². The van der Waals surface area contributed by atoms with E-state index >= 15 is 0 Å². The molecular weight excluding hydrogens is 224 g/mol. The van der Waals surface area contributed by atoms with Gasteiger partial charge in [-0.2, -0.15) is 0 Å². The zero-order valence-electron chi connectivity index (χ0n) is 10.1. The van der Waals surface area contributed by atoms with Crippen molar-refractivity contribution in [3.8, 4) is 0 Å². The van der Waals surface area contributed by atoms with Crippen LogP contribution in [0.25, 0.3) is 0 Å². The fourth-order valence-corrected chi connectivity index (χ4v) is 1.47. The van der Waals surface area contributed by atoms with Crippen LogP contribution < -0.4 is 5.32 Å². The summed E-state index contributed by atoms with van der Waals surface area (Å²) in [6.45, 7) is 5.02. The fourth-order valence-electron chi connectivity index (χ4n) is 1.47. The highest BCUT2D eigenvalue weighted by molar-refractivity contribution is 5.83. The highest BCUT2D eigenvalue weighted by Crippen LogP contribution is 2.14. The minimum atomic E-state index is -1.05. The molecule has 0 unspecified atom stereocenters. The van der Waals surface area contributed by atoms with E-state index in [0.717, 1.165) is 11.3 Å². The second-order valence-corrected chi connectivity index (χ2v) is 3.93. The molecule has 0 bridgehead atoms. The van der Waals surface area contributed by atoms with Crippen LogP contribution in [0.3, 0.4) is 0 Å². The van der Waals surface area contributed by atoms with E-state index in [4.69, 9.17) is 9.63 Å². The summed E-state index contributed by atoms with van der Waals surface area (Å²) in [5.74, 6) is -0.642. The molecule has 1 atom stereocenters. The zero-order valence-corrected chi connectivity index (χ0v) is 10.1. The summed E-state index contributed by atoms with van der Waals surface area (Å²) in [6, 6.07) is -0.868. The minimum Gasteiger partial charge on any atom is -0.480 e. The third kappa shape index (κ3) is 3.58. The summed E-state index contributed by atoms with van der Waals surface area (Å²) in [5.41, 5.74) is 1.67. The van der Waals surface area contributed by atoms with Crippen LogP contribution in [0.1, 0.15) is 30.4 Å². The van der Waals surface area contributed by atoms with Gasteiger partial charge in [0.1, 0.15) is 11.8 Å². The lowest BCUT2D eigenvalue weighted by atomic mass is 10.1. The van der Waals surface area contributed by atoms with Crippen LogP contribution in [0, 0.1) is 13.8 Å². The number of aromatic nitrogens is 1. The maximum atomic E-state index is 11.5. The van der Waals surface area contributed by atoms with E-state index in [2.05, 4.69) is 10.5 Å². The number of aryl methyl sites for hydroxylation is 2. The van der Waals surface area contributed by atoms with Crippen molar-refractivity contribution in [3.05, 3.63) is 17.0 Å². The summed E-state index contributed by atoms with van der Waals surface area (Å²) in [6.07, 6.45) is 0.722. The van der Waals surface area contributed by atoms with Gasteiger partial charge in [-0.15, -0.1) is 0 Å². The Hall–Kier alpha value is -1.85. The average Bonchev–Trinajstić information content (AvgIpc) is 2.56. The first-order valence-electron chi connectivity index (χ1n) is 5.35. The first kappa shape index (κ1) is 13.2. The molecule has 0 saturated carbocycles. The molecular formula is C11H16N2O4. The summed E-state index contributed by atoms with van der Waals surface area (Å²) in [4.78, 5) is 22.0. The third-order valence-corrected chi connectivity index (χ3v) is 2.53. The first-order chi connectivity index (χ1) is 7.91. The van der Waals surface area contributed by atoms with Crippen molar-refractivity contribution in [1.29, 1.82) is 0 Å². The molecule has 0 aromatic carbocycles. The molecule has 1 heterocycles. The standard InChI is InChI=1S/C11H16N2O4/c1-6-9(8(3)17-13-6)4-5-10(14)12-7(2)11(15)16/h7H,4-5H2,1-3H3,(H,12,14)(H,15,16)/t7-/m1/s1. The molecule has 1 aromatic rings. The van der Waals surface area contributed by atoms with E-state index in [1.165, 1.54) is 6.92 Å². The van der Waals surface area contributed by atoms with Crippen molar-refractivity contribution in [2.75, 3.05) is 0 Å². The smallest absolute Gasteiger partial charge is 0.325 e. The fraction of sp³-hybridized carbons (Fsp3) is 0.545. The van der Waals surface area contributed by atoms with Crippen molar-refractivity contribution in [1.82, 2.24) is 10.5 Å². The van der Waals surface area contributed by atoms with Crippen molar-refractivity contribution >= 4 is 11.9 Å². The summed E-state index contributed by atoms with van der Waals surface area (Å²) >= 11 is 0. The Balaban J connectivity index is 2.46. The molecule has 0 aliphatic carbocycles. The van der Waals surface area contributed by atoms with Gasteiger partial charge >= 0.3 is 5.97 Å². The molecule has 0 aliphatic rings. The number of carboxylic acids is 1. The van der Waals surface area contributed by atoms with Gasteiger partial charge in [-0.3, -0.25) is 9.59 Å². The maximum Gasteiger partial charge on any atom is 0.325 e. The summed E-state index contributed by atoms with van der Waals surface area (Å²) < 4.78 is 4.97. The number of aliphatic carboxylic acids is 1. The van der Waals surface area contributed by atoms with Crippen LogP contribution in [-0.2, 0) is 16.0 Å². The molecule has 0 aliphatic heterocycles. The van der Waals surface area contributed by atoms with Gasteiger partial charge in [0, 0.05) is 12.0 Å². The number of rotatable bonds is 5. The largest absolute Gasteiger partial charge is 0.480 e. The Morgan fingerprint density at radius 1 is 1.47 bits per heavy atom. The Labute approximate surface area is 99.0 Å². The predicted octanol–water partition coefficient (Wildman–Crippen LogP) is 0.813. The number of carbonyl (C=O) groups excluding carboxylic acids is 1. The van der Waals surface area contributed by atoms with E-state index < -0.39 is 12.0 Å². The number of hydrogen-bond donors (Lipinski definition) is 2. The first-order valence-corrected chi connectivity index (χ1v) is 5.35. The Kier molecular flexibility index (Phi) is 4.25. The third-order valence-electron chi connectivity index (χ3n) is 2.53. The van der Waals surface area contributed by atoms with E-state index in [1.54, 1.807) is 6.92 Å². The molecule has 0 spiro atoms. The number of hydrogen-bond acceptors (Lipinski definition) is 4. The van der Waals surface area contributed by atoms with Crippen LogP contribution in [0.4, 0.5) is 0 Å². The minimum absolute atomic E-state index is 0.223. The molecule has 1 amide bonds. The quantitative estimate of drug-likeness (QED) is 0.794. The number of amides is 1. The molecule has 6 heteroatoms. The van der Waals surface area contributed by atoms with Gasteiger partial charge < -0.3 is 14.9 Å². The molecule has 1 aromatic heterocycles. The Morgan fingerprint density at radius 2 is 2.12 bits per heavy atom. The van der Waals surface area contributed by atoms with E-state index in [0.29, 0.717) is 12.2 Å². The van der Waals surface area contributed by atoms with Crippen LogP contribution >= 0.6 is 0 Å². The Morgan fingerprint density at radius 3 is 2.59 bits per heavy atom. The molecule has 94 valence electrons. The van der Waals surface area contributed by atoms with Gasteiger partial charge in [-0.1, -0.05) is 5.16 Å². The zero-order chi connectivity index (χ0) is 13.0. The molecule has 0 fully saturated rings. The highest BCUT2D eigenvalue weighted by Gasteiger charge is 2.15. The van der Waals surface area contributed by atoms with Gasteiger partial charge in [-0.05, 0) is 27.2 Å². The number of nitrogens with zero attached hydrogens (tertiary/aromatic N) is 1. The van der Waals surface area contributed by atoms with Crippen LogP contribution in [0.5, 0.6) is 0 Å². The lowest BCUT2D eigenvalue weighted by molar-refractivity contribution is -0.141. The summed E-state index contributed by atoms with van der Waals surface area (Å²) in [5, 5.41) is 14.8. The van der Waals surface area contributed by atoms with E-state index in [1.807, 2.05) is 6.92 Å². The SMILES string of the molecule is Cc1noc(C)c1CCC(=O)N[C@H](C)C(=O)O. The molecule has 2 N–H and O–H groups in total. The molecule has 1 rings (SSSR count). The number of nitrogens with one attached hydrogen (secondary N) is 1. The van der Waals surface area contributed by atoms with Crippen molar-refractivity contribution in [2.24, 2.45) is 0 Å². The van der Waals surface area contributed by atoms with Gasteiger partial charge in [-0.25, -0.2) is 0 Å². The summed E-state index contributed by atoms with van der Waals surface area (Å²) in [7, 11) is 0. The van der Waals surface area contributed by atoms with Gasteiger partial charge in [0.15, 0.2) is 0 Å². The predicted molar refractivity (Wildman–Crippen MR) is 59.5 cm³/mol. The van der Waals surface area contributed by atoms with Crippen molar-refractivity contribution in [3.63, 3.8) is 0 Å². The second kappa shape index (κ2) is 5.47. The number of carboxylic acid groups (broad SMARTS) is 1. The maximum absolute atomic E-state index is 11.5. The van der Waals surface area contributed by atoms with Gasteiger partial charge in [0.25, 0.3) is 0 Å². The lowest BCUT2D eigenvalue weighted by Gasteiger charge is -2.08. The normalized spacial score (nSPS) is 12.2. The van der Waals surface area contributed by atoms with Crippen LogP contribution in [0.15, 0.2) is 4.52 Å². The van der Waals surface area contributed by atoms with Crippen molar-refractivity contribution < 1.29 is 19.2 Å². The van der Waals surface area contributed by atoms with E-state index in [9.17, 15) is 9.59 Å². The lowest BCUT2D eigenvalue weighted by Crippen LogP contribution is -2.38. The van der Waals surface area contributed by atoms with Crippen LogP contribution in [-0.4, -0.2) is 28.2 Å². The molecule has 6 nitrogen and oxygen atoms in total. The molecule has 0 radical (unpaired) electrons. The van der Waals surface area contributed by atoms with Gasteiger partial charge in [0.2, 0.25) is 5.91 Å². The molecule has 17 heavy (non-hydrogen) atoms. The topological polar surface area (TPSA) is 92.4 Å². The monoisotopic (exact) mass is 240 g/mol. The highest BCUT2D eigenvalue weighted by atomic mass is 16.5. The van der Waals surface area contributed by atoms with E-state index in [-0.39, 0.29) is 12.3 Å². The average molecular weight is 240 g/mol.